The van der Waals surface area contributed by atoms with Crippen LogP contribution in [0.15, 0.2) is 12.2 Å². The van der Waals surface area contributed by atoms with E-state index >= 15 is 0 Å². The summed E-state index contributed by atoms with van der Waals surface area (Å²) in [5.41, 5.74) is 0. The molecule has 0 aromatic rings. The van der Waals surface area contributed by atoms with Gasteiger partial charge in [0.15, 0.2) is 0 Å². The van der Waals surface area contributed by atoms with Gasteiger partial charge in [-0.05, 0) is 38.6 Å². The maximum Gasteiger partial charge on any atom is 0.0613 e. The second-order valence-corrected chi connectivity index (χ2v) is 3.92. The maximum atomic E-state index is 5.07. The van der Waals surface area contributed by atoms with Crippen molar-refractivity contribution in [3.8, 4) is 0 Å². The normalized spacial score (nSPS) is 24.6. The average Bonchev–Trinajstić information content (AvgIpc) is 2.17. The molecule has 0 heterocycles. The quantitative estimate of drug-likeness (QED) is 0.658. The Morgan fingerprint density at radius 3 is 3.00 bits per heavy atom. The molecule has 2 nitrogen and oxygen atoms in total. The molecule has 0 saturated carbocycles. The fourth-order valence-corrected chi connectivity index (χ4v) is 1.72. The summed E-state index contributed by atoms with van der Waals surface area (Å²) in [4.78, 5) is 0. The summed E-state index contributed by atoms with van der Waals surface area (Å²) in [5, 5.41) is 3.49. The third kappa shape index (κ3) is 4.44. The molecule has 0 unspecified atom stereocenters. The third-order valence-electron chi connectivity index (χ3n) is 2.55. The molecule has 1 N–H and O–H groups in total. The first-order valence-corrected chi connectivity index (χ1v) is 5.20. The van der Waals surface area contributed by atoms with Gasteiger partial charge in [-0.25, -0.2) is 0 Å². The number of allylic oxidation sites excluding steroid dienone is 2. The molecular formula is C11H21NO. The Kier molecular flexibility index (Phi) is 5.09. The van der Waals surface area contributed by atoms with Crippen LogP contribution in [-0.2, 0) is 4.74 Å². The Hall–Kier alpha value is -0.340. The second-order valence-electron chi connectivity index (χ2n) is 3.92. The van der Waals surface area contributed by atoms with E-state index in [0.29, 0.717) is 6.04 Å². The molecule has 1 aliphatic rings. The van der Waals surface area contributed by atoms with Crippen molar-refractivity contribution in [1.82, 2.24) is 5.32 Å². The van der Waals surface area contributed by atoms with Crippen LogP contribution in [0.1, 0.15) is 26.2 Å². The molecular weight excluding hydrogens is 162 g/mol. The number of methoxy groups -OCH3 is 1. The number of hydrogen-bond acceptors (Lipinski definition) is 2. The first-order chi connectivity index (χ1) is 6.33. The highest BCUT2D eigenvalue weighted by molar-refractivity contribution is 4.90. The predicted molar refractivity (Wildman–Crippen MR) is 55.8 cm³/mol. The minimum Gasteiger partial charge on any atom is -0.383 e. The van der Waals surface area contributed by atoms with Gasteiger partial charge in [0.25, 0.3) is 0 Å². The van der Waals surface area contributed by atoms with Crippen molar-refractivity contribution < 1.29 is 4.74 Å². The van der Waals surface area contributed by atoms with Gasteiger partial charge in [0, 0.05) is 13.2 Å². The third-order valence-corrected chi connectivity index (χ3v) is 2.55. The fourth-order valence-electron chi connectivity index (χ4n) is 1.72. The molecule has 0 saturated heterocycles. The lowest BCUT2D eigenvalue weighted by molar-refractivity contribution is 0.169. The SMILES string of the molecule is COC[C@H](C)NC[C@@H]1CC=CCC1. The molecule has 0 amide bonds. The summed E-state index contributed by atoms with van der Waals surface area (Å²) in [5.74, 6) is 0.837. The van der Waals surface area contributed by atoms with E-state index < -0.39 is 0 Å². The van der Waals surface area contributed by atoms with Crippen molar-refractivity contribution in [3.05, 3.63) is 12.2 Å². The molecule has 76 valence electrons. The highest BCUT2D eigenvalue weighted by Gasteiger charge is 2.10. The monoisotopic (exact) mass is 183 g/mol. The number of rotatable bonds is 5. The minimum atomic E-state index is 0.482. The van der Waals surface area contributed by atoms with Gasteiger partial charge in [-0.1, -0.05) is 12.2 Å². The van der Waals surface area contributed by atoms with E-state index in [9.17, 15) is 0 Å². The van der Waals surface area contributed by atoms with Crippen LogP contribution in [-0.4, -0.2) is 26.3 Å². The van der Waals surface area contributed by atoms with Crippen molar-refractivity contribution in [2.75, 3.05) is 20.3 Å². The molecule has 0 radical (unpaired) electrons. The summed E-state index contributed by atoms with van der Waals surface area (Å²) >= 11 is 0. The summed E-state index contributed by atoms with van der Waals surface area (Å²) in [6.45, 7) is 4.11. The van der Waals surface area contributed by atoms with Crippen LogP contribution >= 0.6 is 0 Å². The summed E-state index contributed by atoms with van der Waals surface area (Å²) in [7, 11) is 1.75. The molecule has 0 bridgehead atoms. The van der Waals surface area contributed by atoms with Gasteiger partial charge in [0.05, 0.1) is 6.61 Å². The Morgan fingerprint density at radius 1 is 1.54 bits per heavy atom. The van der Waals surface area contributed by atoms with Crippen LogP contribution in [0.4, 0.5) is 0 Å². The van der Waals surface area contributed by atoms with Crippen LogP contribution in [0.5, 0.6) is 0 Å². The largest absolute Gasteiger partial charge is 0.383 e. The van der Waals surface area contributed by atoms with Crippen LogP contribution in [0.25, 0.3) is 0 Å². The molecule has 0 aliphatic heterocycles. The molecule has 1 aliphatic carbocycles. The molecule has 2 atom stereocenters. The second kappa shape index (κ2) is 6.17. The molecule has 0 spiro atoms. The van der Waals surface area contributed by atoms with Gasteiger partial charge in [0.2, 0.25) is 0 Å². The first kappa shape index (κ1) is 10.7. The van der Waals surface area contributed by atoms with Gasteiger partial charge >= 0.3 is 0 Å². The van der Waals surface area contributed by atoms with Gasteiger partial charge in [-0.3, -0.25) is 0 Å². The lowest BCUT2D eigenvalue weighted by atomic mass is 9.94. The van der Waals surface area contributed by atoms with Gasteiger partial charge in [-0.2, -0.15) is 0 Å². The maximum absolute atomic E-state index is 5.07. The van der Waals surface area contributed by atoms with E-state index in [-0.39, 0.29) is 0 Å². The molecule has 13 heavy (non-hydrogen) atoms. The summed E-state index contributed by atoms with van der Waals surface area (Å²) < 4.78 is 5.07. The highest BCUT2D eigenvalue weighted by Crippen LogP contribution is 2.16. The van der Waals surface area contributed by atoms with Crippen molar-refractivity contribution in [2.24, 2.45) is 5.92 Å². The number of hydrogen-bond donors (Lipinski definition) is 1. The predicted octanol–water partition coefficient (Wildman–Crippen LogP) is 1.97. The van der Waals surface area contributed by atoms with Crippen LogP contribution in [0, 0.1) is 5.92 Å². The molecule has 0 fully saturated rings. The van der Waals surface area contributed by atoms with Gasteiger partial charge in [-0.15, -0.1) is 0 Å². The van der Waals surface area contributed by atoms with Crippen molar-refractivity contribution in [3.63, 3.8) is 0 Å². The zero-order valence-electron chi connectivity index (χ0n) is 8.75. The van der Waals surface area contributed by atoms with Crippen molar-refractivity contribution in [1.29, 1.82) is 0 Å². The fraction of sp³-hybridized carbons (Fsp3) is 0.818. The highest BCUT2D eigenvalue weighted by atomic mass is 16.5. The zero-order valence-corrected chi connectivity index (χ0v) is 8.75. The summed E-state index contributed by atoms with van der Waals surface area (Å²) in [6, 6.07) is 0.482. The van der Waals surface area contributed by atoms with Crippen LogP contribution in [0.3, 0.4) is 0 Å². The van der Waals surface area contributed by atoms with E-state index in [1.54, 1.807) is 7.11 Å². The molecule has 2 heteroatoms. The topological polar surface area (TPSA) is 21.3 Å². The Labute approximate surface area is 81.4 Å². The number of ether oxygens (including phenoxy) is 1. The van der Waals surface area contributed by atoms with E-state index in [1.807, 2.05) is 0 Å². The van der Waals surface area contributed by atoms with Crippen LogP contribution < -0.4 is 5.32 Å². The van der Waals surface area contributed by atoms with Crippen molar-refractivity contribution in [2.45, 2.75) is 32.2 Å². The van der Waals surface area contributed by atoms with E-state index in [2.05, 4.69) is 24.4 Å². The lowest BCUT2D eigenvalue weighted by Gasteiger charge is -2.20. The Bertz CT molecular complexity index is 156. The Morgan fingerprint density at radius 2 is 2.38 bits per heavy atom. The van der Waals surface area contributed by atoms with E-state index in [0.717, 1.165) is 19.1 Å². The van der Waals surface area contributed by atoms with E-state index in [1.165, 1.54) is 19.3 Å². The molecule has 0 aromatic carbocycles. The standard InChI is InChI=1S/C11H21NO/c1-10(9-13-2)12-8-11-6-4-3-5-7-11/h3-4,10-12H,5-9H2,1-2H3/t10-,11+/m0/s1. The Balaban J connectivity index is 2.07. The molecule has 1 rings (SSSR count). The molecule has 0 aromatic heterocycles. The smallest absolute Gasteiger partial charge is 0.0613 e. The van der Waals surface area contributed by atoms with Gasteiger partial charge < -0.3 is 10.1 Å². The van der Waals surface area contributed by atoms with Crippen molar-refractivity contribution >= 4 is 0 Å². The van der Waals surface area contributed by atoms with Crippen LogP contribution in [0.2, 0.25) is 0 Å². The van der Waals surface area contributed by atoms with E-state index in [4.69, 9.17) is 4.74 Å². The first-order valence-electron chi connectivity index (χ1n) is 5.20. The minimum absolute atomic E-state index is 0.482. The average molecular weight is 183 g/mol. The zero-order chi connectivity index (χ0) is 9.52. The van der Waals surface area contributed by atoms with Gasteiger partial charge in [0.1, 0.15) is 0 Å². The summed E-state index contributed by atoms with van der Waals surface area (Å²) in [6.07, 6.45) is 8.42. The number of nitrogens with one attached hydrogen (secondary N) is 1. The lowest BCUT2D eigenvalue weighted by Crippen LogP contribution is -2.34.